The number of carbonyl (C=O) groups excluding carboxylic acids is 1. The molecular formula is C17H18O2. The first-order valence-electron chi connectivity index (χ1n) is 6.57. The van der Waals surface area contributed by atoms with E-state index in [1.54, 1.807) is 0 Å². The molecule has 0 fully saturated rings. The van der Waals surface area contributed by atoms with Crippen molar-refractivity contribution in [2.75, 3.05) is 0 Å². The summed E-state index contributed by atoms with van der Waals surface area (Å²) >= 11 is 0. The quantitative estimate of drug-likeness (QED) is 0.718. The molecule has 2 aromatic rings. The minimum absolute atomic E-state index is 0.200. The number of ether oxygens (including phenoxy) is 1. The summed E-state index contributed by atoms with van der Waals surface area (Å²) in [5.74, 6) is 1.76. The number of rotatable bonds is 5. The zero-order valence-electron chi connectivity index (χ0n) is 11.3. The van der Waals surface area contributed by atoms with Crippen molar-refractivity contribution in [3.05, 3.63) is 59.7 Å². The lowest BCUT2D eigenvalue weighted by molar-refractivity contribution is 0.0981. The fraction of sp³-hybridized carbons (Fsp3) is 0.235. The van der Waals surface area contributed by atoms with Crippen LogP contribution in [0, 0.1) is 6.92 Å². The molecule has 0 N–H and O–H groups in total. The Balaban J connectivity index is 2.17. The average Bonchev–Trinajstić information content (AvgIpc) is 2.40. The predicted octanol–water partition coefficient (Wildman–Crippen LogP) is 4.77. The SMILES string of the molecule is CCCC(=O)c1ccc(Oc2ccccc2)cc1C. The molecule has 0 saturated carbocycles. The van der Waals surface area contributed by atoms with E-state index in [0.29, 0.717) is 6.42 Å². The Kier molecular flexibility index (Phi) is 4.35. The number of para-hydroxylation sites is 1. The van der Waals surface area contributed by atoms with Gasteiger partial charge in [0, 0.05) is 12.0 Å². The zero-order chi connectivity index (χ0) is 13.7. The lowest BCUT2D eigenvalue weighted by atomic mass is 10.0. The first kappa shape index (κ1) is 13.3. The zero-order valence-corrected chi connectivity index (χ0v) is 11.3. The highest BCUT2D eigenvalue weighted by molar-refractivity contribution is 5.97. The molecule has 0 saturated heterocycles. The van der Waals surface area contributed by atoms with Gasteiger partial charge in [-0.1, -0.05) is 25.1 Å². The second kappa shape index (κ2) is 6.19. The maximum absolute atomic E-state index is 11.9. The number of benzene rings is 2. The minimum Gasteiger partial charge on any atom is -0.457 e. The maximum Gasteiger partial charge on any atom is 0.163 e. The Morgan fingerprint density at radius 1 is 1.05 bits per heavy atom. The van der Waals surface area contributed by atoms with E-state index in [9.17, 15) is 4.79 Å². The molecule has 2 heteroatoms. The molecule has 0 atom stereocenters. The molecule has 2 aromatic carbocycles. The summed E-state index contributed by atoms with van der Waals surface area (Å²) in [6.07, 6.45) is 1.47. The van der Waals surface area contributed by atoms with Crippen molar-refractivity contribution in [1.82, 2.24) is 0 Å². The van der Waals surface area contributed by atoms with Gasteiger partial charge in [-0.25, -0.2) is 0 Å². The molecule has 0 radical (unpaired) electrons. The van der Waals surface area contributed by atoms with E-state index in [0.717, 1.165) is 29.0 Å². The van der Waals surface area contributed by atoms with E-state index >= 15 is 0 Å². The van der Waals surface area contributed by atoms with Gasteiger partial charge in [-0.2, -0.15) is 0 Å². The van der Waals surface area contributed by atoms with Crippen LogP contribution in [0.3, 0.4) is 0 Å². The highest BCUT2D eigenvalue weighted by Gasteiger charge is 2.09. The molecule has 0 aliphatic carbocycles. The summed E-state index contributed by atoms with van der Waals surface area (Å²) in [6, 6.07) is 15.2. The van der Waals surface area contributed by atoms with Crippen molar-refractivity contribution < 1.29 is 9.53 Å². The smallest absolute Gasteiger partial charge is 0.163 e. The van der Waals surface area contributed by atoms with Crippen LogP contribution in [-0.4, -0.2) is 5.78 Å². The van der Waals surface area contributed by atoms with Gasteiger partial charge in [-0.15, -0.1) is 0 Å². The first-order valence-corrected chi connectivity index (χ1v) is 6.57. The van der Waals surface area contributed by atoms with E-state index in [2.05, 4.69) is 0 Å². The molecule has 0 bridgehead atoms. The van der Waals surface area contributed by atoms with Crippen LogP contribution in [0.25, 0.3) is 0 Å². The van der Waals surface area contributed by atoms with Gasteiger partial charge in [0.15, 0.2) is 5.78 Å². The second-order valence-electron chi connectivity index (χ2n) is 4.57. The fourth-order valence-corrected chi connectivity index (χ4v) is 2.00. The number of carbonyl (C=O) groups is 1. The summed E-state index contributed by atoms with van der Waals surface area (Å²) in [4.78, 5) is 11.9. The summed E-state index contributed by atoms with van der Waals surface area (Å²) in [6.45, 7) is 3.96. The minimum atomic E-state index is 0.200. The van der Waals surface area contributed by atoms with Crippen molar-refractivity contribution in [1.29, 1.82) is 0 Å². The van der Waals surface area contributed by atoms with Gasteiger partial charge < -0.3 is 4.74 Å². The molecule has 0 aromatic heterocycles. The van der Waals surface area contributed by atoms with Gasteiger partial charge in [-0.3, -0.25) is 4.79 Å². The molecule has 0 aliphatic rings. The standard InChI is InChI=1S/C17H18O2/c1-3-7-17(18)16-11-10-15(12-13(16)2)19-14-8-5-4-6-9-14/h4-6,8-12H,3,7H2,1-2H3. The largest absolute Gasteiger partial charge is 0.457 e. The number of aryl methyl sites for hydroxylation is 1. The van der Waals surface area contributed by atoms with Gasteiger partial charge >= 0.3 is 0 Å². The molecule has 0 heterocycles. The molecule has 2 nitrogen and oxygen atoms in total. The van der Waals surface area contributed by atoms with Crippen LogP contribution in [0.4, 0.5) is 0 Å². The van der Waals surface area contributed by atoms with E-state index in [4.69, 9.17) is 4.74 Å². The molecule has 0 unspecified atom stereocenters. The van der Waals surface area contributed by atoms with Crippen molar-refractivity contribution in [3.8, 4) is 11.5 Å². The van der Waals surface area contributed by atoms with Crippen LogP contribution >= 0.6 is 0 Å². The summed E-state index contributed by atoms with van der Waals surface area (Å²) in [7, 11) is 0. The van der Waals surface area contributed by atoms with Gasteiger partial charge in [0.05, 0.1) is 0 Å². The summed E-state index contributed by atoms with van der Waals surface area (Å²) < 4.78 is 5.74. The Morgan fingerprint density at radius 3 is 2.42 bits per heavy atom. The van der Waals surface area contributed by atoms with Gasteiger partial charge in [0.1, 0.15) is 11.5 Å². The highest BCUT2D eigenvalue weighted by atomic mass is 16.5. The van der Waals surface area contributed by atoms with Gasteiger partial charge in [-0.05, 0) is 49.2 Å². The summed E-state index contributed by atoms with van der Waals surface area (Å²) in [5, 5.41) is 0. The Labute approximate surface area is 114 Å². The molecule has 2 rings (SSSR count). The van der Waals surface area contributed by atoms with Crippen LogP contribution in [0.2, 0.25) is 0 Å². The molecule has 19 heavy (non-hydrogen) atoms. The topological polar surface area (TPSA) is 26.3 Å². The van der Waals surface area contributed by atoms with Crippen LogP contribution in [0.15, 0.2) is 48.5 Å². The van der Waals surface area contributed by atoms with E-state index in [1.165, 1.54) is 0 Å². The van der Waals surface area contributed by atoms with Gasteiger partial charge in [0.25, 0.3) is 0 Å². The van der Waals surface area contributed by atoms with Crippen LogP contribution in [0.1, 0.15) is 35.7 Å². The number of Topliss-reactive ketones (excluding diaryl/α,β-unsaturated/α-hetero) is 1. The Bertz CT molecular complexity index is 559. The molecule has 0 aliphatic heterocycles. The van der Waals surface area contributed by atoms with Crippen LogP contribution in [0.5, 0.6) is 11.5 Å². The molecule has 0 amide bonds. The Morgan fingerprint density at radius 2 is 1.79 bits per heavy atom. The normalized spacial score (nSPS) is 10.2. The Hall–Kier alpha value is -2.09. The number of ketones is 1. The van der Waals surface area contributed by atoms with Crippen molar-refractivity contribution in [2.45, 2.75) is 26.7 Å². The average molecular weight is 254 g/mol. The highest BCUT2D eigenvalue weighted by Crippen LogP contribution is 2.24. The number of hydrogen-bond donors (Lipinski definition) is 0. The lowest BCUT2D eigenvalue weighted by Gasteiger charge is -2.09. The monoisotopic (exact) mass is 254 g/mol. The van der Waals surface area contributed by atoms with E-state index in [1.807, 2.05) is 62.4 Å². The third-order valence-electron chi connectivity index (χ3n) is 2.95. The summed E-state index contributed by atoms with van der Waals surface area (Å²) in [5.41, 5.74) is 1.76. The lowest BCUT2D eigenvalue weighted by Crippen LogP contribution is -2.01. The first-order chi connectivity index (χ1) is 9.20. The second-order valence-corrected chi connectivity index (χ2v) is 4.57. The van der Waals surface area contributed by atoms with Crippen molar-refractivity contribution in [2.24, 2.45) is 0 Å². The maximum atomic E-state index is 11.9. The van der Waals surface area contributed by atoms with Crippen molar-refractivity contribution >= 4 is 5.78 Å². The fourth-order valence-electron chi connectivity index (χ4n) is 2.00. The van der Waals surface area contributed by atoms with E-state index in [-0.39, 0.29) is 5.78 Å². The molecule has 98 valence electrons. The third kappa shape index (κ3) is 3.44. The molecule has 0 spiro atoms. The third-order valence-corrected chi connectivity index (χ3v) is 2.95. The molecular weight excluding hydrogens is 236 g/mol. The van der Waals surface area contributed by atoms with Crippen molar-refractivity contribution in [3.63, 3.8) is 0 Å². The van der Waals surface area contributed by atoms with Crippen LogP contribution in [-0.2, 0) is 0 Å². The van der Waals surface area contributed by atoms with Crippen LogP contribution < -0.4 is 4.74 Å². The van der Waals surface area contributed by atoms with Gasteiger partial charge in [0.2, 0.25) is 0 Å². The predicted molar refractivity (Wildman–Crippen MR) is 76.9 cm³/mol. The number of hydrogen-bond acceptors (Lipinski definition) is 2. The van der Waals surface area contributed by atoms with E-state index < -0.39 is 0 Å².